The molecule has 1 heterocycles. The molecule has 1 N–H and O–H groups in total. The molecule has 140 valence electrons. The third-order valence-electron chi connectivity index (χ3n) is 4.57. The molecule has 5 heteroatoms. The van der Waals surface area contributed by atoms with Gasteiger partial charge in [-0.3, -0.25) is 9.48 Å². The lowest BCUT2D eigenvalue weighted by atomic mass is 10.0. The van der Waals surface area contributed by atoms with Gasteiger partial charge in [0, 0.05) is 25.4 Å². The zero-order valence-electron chi connectivity index (χ0n) is 16.0. The fourth-order valence-corrected chi connectivity index (χ4v) is 2.90. The van der Waals surface area contributed by atoms with Crippen LogP contribution in [0.15, 0.2) is 54.7 Å². The monoisotopic (exact) mass is 363 g/mol. The third-order valence-corrected chi connectivity index (χ3v) is 4.57. The first-order valence-electron chi connectivity index (χ1n) is 9.04. The zero-order chi connectivity index (χ0) is 19.2. The van der Waals surface area contributed by atoms with Crippen molar-refractivity contribution in [1.82, 2.24) is 15.1 Å². The summed E-state index contributed by atoms with van der Waals surface area (Å²) in [6.45, 7) is 5.70. The van der Waals surface area contributed by atoms with Crippen LogP contribution in [0.1, 0.15) is 27.0 Å². The molecule has 5 nitrogen and oxygen atoms in total. The van der Waals surface area contributed by atoms with Crippen molar-refractivity contribution in [3.63, 3.8) is 0 Å². The second-order valence-electron chi connectivity index (χ2n) is 6.62. The number of carbonyl (C=O) groups is 1. The molecule has 1 amide bonds. The molecule has 0 saturated heterocycles. The van der Waals surface area contributed by atoms with Gasteiger partial charge in [-0.05, 0) is 36.6 Å². The minimum absolute atomic E-state index is 0.139. The second-order valence-corrected chi connectivity index (χ2v) is 6.62. The average Bonchev–Trinajstić information content (AvgIpc) is 3.09. The van der Waals surface area contributed by atoms with Crippen molar-refractivity contribution in [2.45, 2.75) is 20.4 Å². The summed E-state index contributed by atoms with van der Waals surface area (Å²) < 4.78 is 6.85. The number of nitrogens with one attached hydrogen (secondary N) is 1. The Morgan fingerprint density at radius 3 is 2.59 bits per heavy atom. The SMILES string of the molecule is COCCNC(=O)c1cn(Cc2ccccc2)nc1-c1ccc(C)c(C)c1. The number of methoxy groups -OCH3 is 1. The number of aromatic nitrogens is 2. The molecule has 0 unspecified atom stereocenters. The van der Waals surface area contributed by atoms with Crippen LogP contribution >= 0.6 is 0 Å². The lowest BCUT2D eigenvalue weighted by Crippen LogP contribution is -2.27. The summed E-state index contributed by atoms with van der Waals surface area (Å²) in [5.41, 5.74) is 5.75. The van der Waals surface area contributed by atoms with Gasteiger partial charge in [0.15, 0.2) is 0 Å². The largest absolute Gasteiger partial charge is 0.383 e. The minimum Gasteiger partial charge on any atom is -0.383 e. The van der Waals surface area contributed by atoms with Crippen molar-refractivity contribution in [2.75, 3.05) is 20.3 Å². The zero-order valence-corrected chi connectivity index (χ0v) is 16.0. The van der Waals surface area contributed by atoms with Crippen molar-refractivity contribution in [2.24, 2.45) is 0 Å². The van der Waals surface area contributed by atoms with E-state index < -0.39 is 0 Å². The quantitative estimate of drug-likeness (QED) is 0.653. The number of hydrogen-bond donors (Lipinski definition) is 1. The first-order chi connectivity index (χ1) is 13.1. The number of amides is 1. The summed E-state index contributed by atoms with van der Waals surface area (Å²) >= 11 is 0. The van der Waals surface area contributed by atoms with Crippen molar-refractivity contribution in [3.8, 4) is 11.3 Å². The van der Waals surface area contributed by atoms with Gasteiger partial charge in [-0.2, -0.15) is 5.10 Å². The Balaban J connectivity index is 1.95. The topological polar surface area (TPSA) is 56.1 Å². The molecule has 0 spiro atoms. The van der Waals surface area contributed by atoms with Gasteiger partial charge in [0.05, 0.1) is 18.7 Å². The second kappa shape index (κ2) is 8.64. The third kappa shape index (κ3) is 4.63. The summed E-state index contributed by atoms with van der Waals surface area (Å²) in [7, 11) is 1.62. The highest BCUT2D eigenvalue weighted by Crippen LogP contribution is 2.25. The van der Waals surface area contributed by atoms with Crippen LogP contribution in [0.3, 0.4) is 0 Å². The van der Waals surface area contributed by atoms with Crippen LogP contribution in [0, 0.1) is 13.8 Å². The van der Waals surface area contributed by atoms with Crippen LogP contribution in [0.25, 0.3) is 11.3 Å². The first-order valence-corrected chi connectivity index (χ1v) is 9.04. The summed E-state index contributed by atoms with van der Waals surface area (Å²) in [4.78, 5) is 12.7. The molecule has 27 heavy (non-hydrogen) atoms. The van der Waals surface area contributed by atoms with Crippen LogP contribution in [0.4, 0.5) is 0 Å². The Hall–Kier alpha value is -2.92. The Bertz CT molecular complexity index is 917. The van der Waals surface area contributed by atoms with Gasteiger partial charge in [0.25, 0.3) is 5.91 Å². The molecule has 0 aliphatic carbocycles. The maximum Gasteiger partial charge on any atom is 0.255 e. The molecule has 0 radical (unpaired) electrons. The van der Waals surface area contributed by atoms with E-state index in [1.54, 1.807) is 7.11 Å². The fourth-order valence-electron chi connectivity index (χ4n) is 2.90. The Morgan fingerprint density at radius 1 is 1.11 bits per heavy atom. The molecule has 0 fully saturated rings. The number of ether oxygens (including phenoxy) is 1. The molecule has 0 atom stereocenters. The number of hydrogen-bond acceptors (Lipinski definition) is 3. The maximum atomic E-state index is 12.7. The number of rotatable bonds is 7. The van der Waals surface area contributed by atoms with E-state index in [1.165, 1.54) is 11.1 Å². The summed E-state index contributed by atoms with van der Waals surface area (Å²) in [5, 5.41) is 7.62. The van der Waals surface area contributed by atoms with Crippen LogP contribution in [0.5, 0.6) is 0 Å². The molecule has 0 saturated carbocycles. The average molecular weight is 363 g/mol. The van der Waals surface area contributed by atoms with Gasteiger partial charge >= 0.3 is 0 Å². The van der Waals surface area contributed by atoms with E-state index in [1.807, 2.05) is 35.1 Å². The van der Waals surface area contributed by atoms with E-state index in [0.29, 0.717) is 31.0 Å². The van der Waals surface area contributed by atoms with E-state index in [-0.39, 0.29) is 5.91 Å². The minimum atomic E-state index is -0.139. The smallest absolute Gasteiger partial charge is 0.255 e. The normalized spacial score (nSPS) is 10.8. The van der Waals surface area contributed by atoms with Crippen molar-refractivity contribution in [3.05, 3.63) is 77.0 Å². The highest BCUT2D eigenvalue weighted by atomic mass is 16.5. The lowest BCUT2D eigenvalue weighted by molar-refractivity contribution is 0.0937. The summed E-state index contributed by atoms with van der Waals surface area (Å²) in [6.07, 6.45) is 1.82. The van der Waals surface area contributed by atoms with E-state index >= 15 is 0 Å². The van der Waals surface area contributed by atoms with Gasteiger partial charge in [-0.25, -0.2) is 0 Å². The van der Waals surface area contributed by atoms with Crippen LogP contribution in [-0.2, 0) is 11.3 Å². The van der Waals surface area contributed by atoms with E-state index in [4.69, 9.17) is 9.84 Å². The number of carbonyl (C=O) groups excluding carboxylic acids is 1. The molecule has 0 aliphatic rings. The highest BCUT2D eigenvalue weighted by molar-refractivity contribution is 5.99. The molecule has 2 aromatic carbocycles. The van der Waals surface area contributed by atoms with E-state index in [9.17, 15) is 4.79 Å². The van der Waals surface area contributed by atoms with Gasteiger partial charge in [0.2, 0.25) is 0 Å². The molecule has 0 aliphatic heterocycles. The standard InChI is InChI=1S/C22H25N3O2/c1-16-9-10-19(13-17(16)2)21-20(22(26)23-11-12-27-3)15-25(24-21)14-18-7-5-4-6-8-18/h4-10,13,15H,11-12,14H2,1-3H3,(H,23,26). The van der Waals surface area contributed by atoms with Crippen molar-refractivity contribution in [1.29, 1.82) is 0 Å². The van der Waals surface area contributed by atoms with Gasteiger partial charge in [-0.15, -0.1) is 0 Å². The van der Waals surface area contributed by atoms with Crippen LogP contribution in [0.2, 0.25) is 0 Å². The summed E-state index contributed by atoms with van der Waals surface area (Å²) in [6, 6.07) is 16.3. The predicted octanol–water partition coefficient (Wildman–Crippen LogP) is 3.59. The number of benzene rings is 2. The van der Waals surface area contributed by atoms with Gasteiger partial charge in [0.1, 0.15) is 5.69 Å². The Kier molecular flexibility index (Phi) is 6.04. The highest BCUT2D eigenvalue weighted by Gasteiger charge is 2.18. The number of nitrogens with zero attached hydrogens (tertiary/aromatic N) is 2. The molecular weight excluding hydrogens is 338 g/mol. The molecule has 1 aromatic heterocycles. The summed E-state index contributed by atoms with van der Waals surface area (Å²) in [5.74, 6) is -0.139. The fraction of sp³-hybridized carbons (Fsp3) is 0.273. The molecular formula is C22H25N3O2. The van der Waals surface area contributed by atoms with Crippen LogP contribution in [-0.4, -0.2) is 35.9 Å². The predicted molar refractivity (Wildman–Crippen MR) is 107 cm³/mol. The van der Waals surface area contributed by atoms with Gasteiger partial charge < -0.3 is 10.1 Å². The van der Waals surface area contributed by atoms with Crippen LogP contribution < -0.4 is 5.32 Å². The van der Waals surface area contributed by atoms with Gasteiger partial charge in [-0.1, -0.05) is 42.5 Å². The molecule has 3 aromatic rings. The molecule has 3 rings (SSSR count). The van der Waals surface area contributed by atoms with Crippen molar-refractivity contribution >= 4 is 5.91 Å². The Labute approximate surface area is 160 Å². The number of aryl methyl sites for hydroxylation is 2. The lowest BCUT2D eigenvalue weighted by Gasteiger charge is -2.06. The molecule has 0 bridgehead atoms. The van der Waals surface area contributed by atoms with Crippen molar-refractivity contribution < 1.29 is 9.53 Å². The van der Waals surface area contributed by atoms with E-state index in [0.717, 1.165) is 11.1 Å². The van der Waals surface area contributed by atoms with E-state index in [2.05, 4.69) is 43.4 Å². The maximum absolute atomic E-state index is 12.7. The first kappa shape index (κ1) is 18.9. The Morgan fingerprint density at radius 2 is 1.89 bits per heavy atom.